The average Bonchev–Trinajstić information content (AvgIpc) is 2.34. The van der Waals surface area contributed by atoms with Gasteiger partial charge in [-0.05, 0) is 25.8 Å². The van der Waals surface area contributed by atoms with E-state index in [0.29, 0.717) is 5.92 Å². The van der Waals surface area contributed by atoms with Gasteiger partial charge in [-0.1, -0.05) is 19.3 Å². The first-order valence-corrected chi connectivity index (χ1v) is 10.7. The lowest BCUT2D eigenvalue weighted by Gasteiger charge is -2.29. The molecule has 7 heteroatoms. The van der Waals surface area contributed by atoms with E-state index in [1.807, 2.05) is 0 Å². The summed E-state index contributed by atoms with van der Waals surface area (Å²) in [5, 5.41) is 3.10. The van der Waals surface area contributed by atoms with E-state index in [1.165, 1.54) is 6.42 Å². The van der Waals surface area contributed by atoms with Crippen molar-refractivity contribution in [3.8, 4) is 0 Å². The van der Waals surface area contributed by atoms with Crippen molar-refractivity contribution in [3.63, 3.8) is 0 Å². The Balaban J connectivity index is 2.58. The quantitative estimate of drug-likeness (QED) is 0.745. The van der Waals surface area contributed by atoms with Crippen LogP contribution in [0.3, 0.4) is 0 Å². The Morgan fingerprint density at radius 2 is 1.63 bits per heavy atom. The van der Waals surface area contributed by atoms with Crippen molar-refractivity contribution in [1.29, 1.82) is 0 Å². The zero-order chi connectivity index (χ0) is 14.5. The summed E-state index contributed by atoms with van der Waals surface area (Å²) in [6, 6.07) is -0.0511. The second kappa shape index (κ2) is 7.04. The molecule has 0 bridgehead atoms. The minimum atomic E-state index is -3.32. The second-order valence-electron chi connectivity index (χ2n) is 5.54. The summed E-state index contributed by atoms with van der Waals surface area (Å²) in [4.78, 5) is 0. The molecule has 1 unspecified atom stereocenters. The molecule has 1 rings (SSSR count). The summed E-state index contributed by atoms with van der Waals surface area (Å²) < 4.78 is 46.1. The Hall–Kier alpha value is -0.140. The molecule has 0 radical (unpaired) electrons. The van der Waals surface area contributed by atoms with Crippen molar-refractivity contribution in [2.75, 3.05) is 30.6 Å². The lowest BCUT2D eigenvalue weighted by Crippen LogP contribution is -2.41. The van der Waals surface area contributed by atoms with Gasteiger partial charge in [0.25, 0.3) is 0 Å². The maximum atomic E-state index is 12.0. The van der Waals surface area contributed by atoms with Gasteiger partial charge in [0, 0.05) is 12.3 Å². The third-order valence-electron chi connectivity index (χ3n) is 3.79. The van der Waals surface area contributed by atoms with Crippen molar-refractivity contribution >= 4 is 19.7 Å². The van der Waals surface area contributed by atoms with E-state index >= 15 is 0 Å². The molecule has 114 valence electrons. The van der Waals surface area contributed by atoms with Crippen molar-refractivity contribution in [3.05, 3.63) is 0 Å². The fourth-order valence-corrected chi connectivity index (χ4v) is 6.01. The van der Waals surface area contributed by atoms with Gasteiger partial charge >= 0.3 is 0 Å². The molecule has 0 aromatic heterocycles. The second-order valence-corrected chi connectivity index (χ2v) is 10.0. The van der Waals surface area contributed by atoms with Crippen molar-refractivity contribution in [2.45, 2.75) is 38.1 Å². The van der Waals surface area contributed by atoms with Crippen LogP contribution in [0.2, 0.25) is 0 Å². The highest BCUT2D eigenvalue weighted by atomic mass is 32.2. The fraction of sp³-hybridized carbons (Fsp3) is 1.00. The lowest BCUT2D eigenvalue weighted by molar-refractivity contribution is 0.292. The van der Waals surface area contributed by atoms with Crippen LogP contribution in [0.15, 0.2) is 0 Å². The van der Waals surface area contributed by atoms with Crippen LogP contribution in [0, 0.1) is 5.92 Å². The molecular formula is C12H25NO4S2. The van der Waals surface area contributed by atoms with Crippen LogP contribution in [0.4, 0.5) is 0 Å². The molecule has 19 heavy (non-hydrogen) atoms. The van der Waals surface area contributed by atoms with Gasteiger partial charge in [-0.3, -0.25) is 0 Å². The Bertz CT molecular complexity index is 464. The maximum Gasteiger partial charge on any atom is 0.152 e. The van der Waals surface area contributed by atoms with Gasteiger partial charge in [0.15, 0.2) is 9.84 Å². The Kier molecular flexibility index (Phi) is 6.26. The number of rotatable bonds is 7. The van der Waals surface area contributed by atoms with Crippen LogP contribution in [0.1, 0.15) is 32.1 Å². The maximum absolute atomic E-state index is 12.0. The number of sulfone groups is 2. The molecule has 0 aromatic rings. The Morgan fingerprint density at radius 1 is 1.05 bits per heavy atom. The third-order valence-corrected chi connectivity index (χ3v) is 6.69. The molecule has 1 aliphatic carbocycles. The average molecular weight is 311 g/mol. The van der Waals surface area contributed by atoms with Gasteiger partial charge in [0.05, 0.1) is 17.3 Å². The van der Waals surface area contributed by atoms with Crippen LogP contribution in [-0.4, -0.2) is 53.4 Å². The van der Waals surface area contributed by atoms with Gasteiger partial charge in [0.2, 0.25) is 0 Å². The molecule has 0 saturated heterocycles. The van der Waals surface area contributed by atoms with Crippen LogP contribution in [0.5, 0.6) is 0 Å². The normalized spacial score (nSPS) is 20.3. The monoisotopic (exact) mass is 311 g/mol. The molecule has 1 aliphatic rings. The molecule has 1 saturated carbocycles. The number of hydrogen-bond donors (Lipinski definition) is 1. The molecule has 1 fully saturated rings. The SMILES string of the molecule is CNC(CS(=O)(=O)CCS(C)(=O)=O)C1CCCCC1. The van der Waals surface area contributed by atoms with Gasteiger partial charge in [-0.2, -0.15) is 0 Å². The van der Waals surface area contributed by atoms with E-state index in [2.05, 4.69) is 5.32 Å². The van der Waals surface area contributed by atoms with Gasteiger partial charge < -0.3 is 5.32 Å². The largest absolute Gasteiger partial charge is 0.316 e. The van der Waals surface area contributed by atoms with Gasteiger partial charge in [0.1, 0.15) is 9.84 Å². The van der Waals surface area contributed by atoms with Crippen molar-refractivity contribution in [1.82, 2.24) is 5.32 Å². The molecule has 1 atom stereocenters. The van der Waals surface area contributed by atoms with Crippen LogP contribution >= 0.6 is 0 Å². The van der Waals surface area contributed by atoms with E-state index in [4.69, 9.17) is 0 Å². The molecule has 0 aliphatic heterocycles. The Labute approximate surface area is 117 Å². The highest BCUT2D eigenvalue weighted by molar-refractivity contribution is 7.94. The van der Waals surface area contributed by atoms with Gasteiger partial charge in [-0.15, -0.1) is 0 Å². The van der Waals surface area contributed by atoms with E-state index < -0.39 is 19.7 Å². The molecule has 0 spiro atoms. The zero-order valence-electron chi connectivity index (χ0n) is 11.8. The predicted octanol–water partition coefficient (Wildman–Crippen LogP) is 0.614. The van der Waals surface area contributed by atoms with E-state index in [0.717, 1.165) is 31.9 Å². The molecule has 0 heterocycles. The first-order chi connectivity index (χ1) is 8.73. The van der Waals surface area contributed by atoms with Gasteiger partial charge in [-0.25, -0.2) is 16.8 Å². The van der Waals surface area contributed by atoms with E-state index in [9.17, 15) is 16.8 Å². The summed E-state index contributed by atoms with van der Waals surface area (Å²) in [5.41, 5.74) is 0. The summed E-state index contributed by atoms with van der Waals surface area (Å²) in [7, 11) is -4.76. The van der Waals surface area contributed by atoms with Crippen LogP contribution < -0.4 is 5.32 Å². The lowest BCUT2D eigenvalue weighted by atomic mass is 9.84. The minimum Gasteiger partial charge on any atom is -0.316 e. The first kappa shape index (κ1) is 16.9. The highest BCUT2D eigenvalue weighted by Gasteiger charge is 2.27. The fourth-order valence-electron chi connectivity index (χ4n) is 2.63. The highest BCUT2D eigenvalue weighted by Crippen LogP contribution is 2.27. The molecular weight excluding hydrogens is 286 g/mol. The predicted molar refractivity (Wildman–Crippen MR) is 77.8 cm³/mol. The summed E-state index contributed by atoms with van der Waals surface area (Å²) in [5.74, 6) is -0.108. The van der Waals surface area contributed by atoms with E-state index in [-0.39, 0.29) is 23.3 Å². The summed E-state index contributed by atoms with van der Waals surface area (Å²) in [6.45, 7) is 0. The topological polar surface area (TPSA) is 80.3 Å². The Morgan fingerprint density at radius 3 is 2.11 bits per heavy atom. The standard InChI is InChI=1S/C12H25NO4S2/c1-13-12(11-6-4-3-5-7-11)10-19(16,17)9-8-18(2,14)15/h11-13H,3-10H2,1-2H3. The third kappa shape index (κ3) is 6.72. The zero-order valence-corrected chi connectivity index (χ0v) is 13.4. The first-order valence-electron chi connectivity index (χ1n) is 6.79. The molecule has 1 N–H and O–H groups in total. The molecule has 5 nitrogen and oxygen atoms in total. The van der Waals surface area contributed by atoms with Crippen LogP contribution in [0.25, 0.3) is 0 Å². The summed E-state index contributed by atoms with van der Waals surface area (Å²) in [6.07, 6.45) is 6.74. The van der Waals surface area contributed by atoms with E-state index in [1.54, 1.807) is 7.05 Å². The van der Waals surface area contributed by atoms with Crippen LogP contribution in [-0.2, 0) is 19.7 Å². The summed E-state index contributed by atoms with van der Waals surface area (Å²) >= 11 is 0. The molecule has 0 amide bonds. The molecule has 0 aromatic carbocycles. The van der Waals surface area contributed by atoms with Crippen molar-refractivity contribution in [2.24, 2.45) is 5.92 Å². The number of hydrogen-bond acceptors (Lipinski definition) is 5. The minimum absolute atomic E-state index is 0.0453. The van der Waals surface area contributed by atoms with Crippen molar-refractivity contribution < 1.29 is 16.8 Å². The number of nitrogens with one attached hydrogen (secondary N) is 1. The smallest absolute Gasteiger partial charge is 0.152 e.